The lowest BCUT2D eigenvalue weighted by atomic mass is 10.1. The summed E-state index contributed by atoms with van der Waals surface area (Å²) in [5, 5.41) is 23.8. The Hall–Kier alpha value is -1.66. The number of nitro groups is 1. The van der Waals surface area contributed by atoms with Gasteiger partial charge in [0.25, 0.3) is 5.69 Å². The van der Waals surface area contributed by atoms with Crippen molar-refractivity contribution in [1.82, 2.24) is 5.32 Å². The zero-order valence-corrected chi connectivity index (χ0v) is 11.3. The van der Waals surface area contributed by atoms with Gasteiger partial charge in [-0.3, -0.25) is 10.1 Å². The highest BCUT2D eigenvalue weighted by atomic mass is 16.6. The van der Waals surface area contributed by atoms with Crippen LogP contribution in [0.3, 0.4) is 0 Å². The summed E-state index contributed by atoms with van der Waals surface area (Å²) in [6, 6.07) is 5.92. The lowest BCUT2D eigenvalue weighted by Gasteiger charge is -2.23. The zero-order chi connectivity index (χ0) is 14.3. The number of nitrogens with zero attached hydrogens (tertiary/aromatic N) is 1. The molecular weight excluding hydrogens is 248 g/mol. The van der Waals surface area contributed by atoms with Gasteiger partial charge in [-0.05, 0) is 26.0 Å². The first-order valence-corrected chi connectivity index (χ1v) is 6.25. The molecule has 2 N–H and O–H groups in total. The number of non-ortho nitro benzene ring substituents is 1. The first-order valence-electron chi connectivity index (χ1n) is 6.25. The second-order valence-corrected chi connectivity index (χ2v) is 4.72. The van der Waals surface area contributed by atoms with E-state index in [2.05, 4.69) is 5.32 Å². The third-order valence-corrected chi connectivity index (χ3v) is 2.51. The van der Waals surface area contributed by atoms with Crippen LogP contribution in [0, 0.1) is 10.1 Å². The standard InChI is InChI=1S/C13H20N2O4/c1-3-7-14-9-13(2,16)10-19-12-6-4-5-11(8-12)15(17)18/h4-6,8,14,16H,3,7,9-10H2,1-2H3. The van der Waals surface area contributed by atoms with Crippen LogP contribution in [0.25, 0.3) is 0 Å². The molecule has 0 bridgehead atoms. The molecule has 0 aromatic heterocycles. The van der Waals surface area contributed by atoms with E-state index in [0.717, 1.165) is 13.0 Å². The average molecular weight is 268 g/mol. The summed E-state index contributed by atoms with van der Waals surface area (Å²) in [6.45, 7) is 5.02. The first kappa shape index (κ1) is 15.4. The second kappa shape index (κ2) is 7.06. The van der Waals surface area contributed by atoms with Crippen molar-refractivity contribution in [2.75, 3.05) is 19.7 Å². The normalized spacial score (nSPS) is 13.8. The number of rotatable bonds is 8. The van der Waals surface area contributed by atoms with Crippen molar-refractivity contribution in [2.24, 2.45) is 0 Å². The molecular formula is C13H20N2O4. The molecule has 1 rings (SSSR count). The minimum atomic E-state index is -1.01. The van der Waals surface area contributed by atoms with Crippen LogP contribution in [-0.4, -0.2) is 35.3 Å². The molecule has 0 saturated carbocycles. The largest absolute Gasteiger partial charge is 0.490 e. The number of hydrogen-bond acceptors (Lipinski definition) is 5. The van der Waals surface area contributed by atoms with Crippen LogP contribution in [0.1, 0.15) is 20.3 Å². The van der Waals surface area contributed by atoms with Gasteiger partial charge in [-0.25, -0.2) is 0 Å². The molecule has 0 fully saturated rings. The van der Waals surface area contributed by atoms with Crippen LogP contribution in [0.2, 0.25) is 0 Å². The lowest BCUT2D eigenvalue weighted by molar-refractivity contribution is -0.384. The molecule has 0 aliphatic rings. The summed E-state index contributed by atoms with van der Waals surface area (Å²) in [6.07, 6.45) is 0.988. The van der Waals surface area contributed by atoms with E-state index >= 15 is 0 Å². The zero-order valence-electron chi connectivity index (χ0n) is 11.3. The maximum Gasteiger partial charge on any atom is 0.273 e. The van der Waals surface area contributed by atoms with E-state index in [0.29, 0.717) is 12.3 Å². The molecule has 0 aliphatic carbocycles. The SMILES string of the molecule is CCCNCC(C)(O)COc1cccc([N+](=O)[O-])c1. The van der Waals surface area contributed by atoms with Gasteiger partial charge in [-0.15, -0.1) is 0 Å². The summed E-state index contributed by atoms with van der Waals surface area (Å²) in [7, 11) is 0. The van der Waals surface area contributed by atoms with Crippen molar-refractivity contribution in [3.05, 3.63) is 34.4 Å². The van der Waals surface area contributed by atoms with E-state index in [9.17, 15) is 15.2 Å². The smallest absolute Gasteiger partial charge is 0.273 e. The van der Waals surface area contributed by atoms with Crippen molar-refractivity contribution >= 4 is 5.69 Å². The van der Waals surface area contributed by atoms with E-state index in [1.54, 1.807) is 19.1 Å². The number of hydrogen-bond donors (Lipinski definition) is 2. The maximum atomic E-state index is 10.6. The van der Waals surface area contributed by atoms with Crippen LogP contribution in [0.5, 0.6) is 5.75 Å². The van der Waals surface area contributed by atoms with Crippen LogP contribution < -0.4 is 10.1 Å². The highest BCUT2D eigenvalue weighted by Gasteiger charge is 2.21. The topological polar surface area (TPSA) is 84.6 Å². The Bertz CT molecular complexity index is 421. The summed E-state index contributed by atoms with van der Waals surface area (Å²) < 4.78 is 5.40. The molecule has 0 saturated heterocycles. The van der Waals surface area contributed by atoms with E-state index < -0.39 is 10.5 Å². The third kappa shape index (κ3) is 5.67. The molecule has 0 radical (unpaired) electrons. The summed E-state index contributed by atoms with van der Waals surface area (Å²) in [4.78, 5) is 10.1. The van der Waals surface area contributed by atoms with Gasteiger partial charge in [-0.2, -0.15) is 0 Å². The van der Waals surface area contributed by atoms with Gasteiger partial charge in [-0.1, -0.05) is 13.0 Å². The first-order chi connectivity index (χ1) is 8.94. The van der Waals surface area contributed by atoms with E-state index in [4.69, 9.17) is 4.74 Å². The van der Waals surface area contributed by atoms with Crippen molar-refractivity contribution in [3.63, 3.8) is 0 Å². The molecule has 106 valence electrons. The molecule has 1 aromatic rings. The predicted molar refractivity (Wildman–Crippen MR) is 72.4 cm³/mol. The molecule has 0 spiro atoms. The van der Waals surface area contributed by atoms with Crippen LogP contribution in [-0.2, 0) is 0 Å². The highest BCUT2D eigenvalue weighted by molar-refractivity contribution is 5.37. The van der Waals surface area contributed by atoms with Crippen LogP contribution in [0.4, 0.5) is 5.69 Å². The van der Waals surface area contributed by atoms with Gasteiger partial charge in [0, 0.05) is 12.6 Å². The minimum Gasteiger partial charge on any atom is -0.490 e. The third-order valence-electron chi connectivity index (χ3n) is 2.51. The lowest BCUT2D eigenvalue weighted by Crippen LogP contribution is -2.43. The van der Waals surface area contributed by atoms with Crippen molar-refractivity contribution < 1.29 is 14.8 Å². The molecule has 19 heavy (non-hydrogen) atoms. The molecule has 1 unspecified atom stereocenters. The van der Waals surface area contributed by atoms with Crippen LogP contribution >= 0.6 is 0 Å². The fourth-order valence-corrected chi connectivity index (χ4v) is 1.51. The molecule has 0 heterocycles. The van der Waals surface area contributed by atoms with Gasteiger partial charge in [0.2, 0.25) is 0 Å². The quantitative estimate of drug-likeness (QED) is 0.426. The summed E-state index contributed by atoms with van der Waals surface area (Å²) >= 11 is 0. The summed E-state index contributed by atoms with van der Waals surface area (Å²) in [5.74, 6) is 0.380. The van der Waals surface area contributed by atoms with Crippen molar-refractivity contribution in [1.29, 1.82) is 0 Å². The van der Waals surface area contributed by atoms with Gasteiger partial charge in [0.15, 0.2) is 0 Å². The number of nitrogens with one attached hydrogen (secondary N) is 1. The second-order valence-electron chi connectivity index (χ2n) is 4.72. The minimum absolute atomic E-state index is 0.0266. The summed E-state index contributed by atoms with van der Waals surface area (Å²) in [5.41, 5.74) is -1.04. The maximum absolute atomic E-state index is 10.6. The van der Waals surface area contributed by atoms with Gasteiger partial charge < -0.3 is 15.2 Å². The molecule has 0 amide bonds. The molecule has 6 heteroatoms. The Labute approximate surface area is 112 Å². The Balaban J connectivity index is 2.51. The Morgan fingerprint density at radius 3 is 2.89 bits per heavy atom. The number of nitro benzene ring substituents is 1. The monoisotopic (exact) mass is 268 g/mol. The van der Waals surface area contributed by atoms with Crippen LogP contribution in [0.15, 0.2) is 24.3 Å². The predicted octanol–water partition coefficient (Wildman–Crippen LogP) is 1.72. The Morgan fingerprint density at radius 2 is 2.26 bits per heavy atom. The van der Waals surface area contributed by atoms with Gasteiger partial charge in [0.1, 0.15) is 18.0 Å². The average Bonchev–Trinajstić information content (AvgIpc) is 2.37. The molecule has 6 nitrogen and oxygen atoms in total. The molecule has 0 aliphatic heterocycles. The highest BCUT2D eigenvalue weighted by Crippen LogP contribution is 2.20. The van der Waals surface area contributed by atoms with E-state index in [-0.39, 0.29) is 12.3 Å². The number of ether oxygens (including phenoxy) is 1. The Morgan fingerprint density at radius 1 is 1.53 bits per heavy atom. The van der Waals surface area contributed by atoms with Gasteiger partial charge in [0.05, 0.1) is 11.0 Å². The van der Waals surface area contributed by atoms with E-state index in [1.807, 2.05) is 6.92 Å². The Kier molecular flexibility index (Phi) is 5.72. The fourth-order valence-electron chi connectivity index (χ4n) is 1.51. The van der Waals surface area contributed by atoms with Crippen molar-refractivity contribution in [2.45, 2.75) is 25.9 Å². The molecule has 1 atom stereocenters. The fraction of sp³-hybridized carbons (Fsp3) is 0.538. The molecule has 1 aromatic carbocycles. The number of aliphatic hydroxyl groups is 1. The number of benzene rings is 1. The van der Waals surface area contributed by atoms with Gasteiger partial charge >= 0.3 is 0 Å². The van der Waals surface area contributed by atoms with Crippen molar-refractivity contribution in [3.8, 4) is 5.75 Å². The van der Waals surface area contributed by atoms with E-state index in [1.165, 1.54) is 12.1 Å².